The van der Waals surface area contributed by atoms with Gasteiger partial charge in [-0.2, -0.15) is 0 Å². The Bertz CT molecular complexity index is 1080. The van der Waals surface area contributed by atoms with Crippen molar-refractivity contribution in [2.75, 3.05) is 11.9 Å². The number of amides is 3. The van der Waals surface area contributed by atoms with E-state index in [9.17, 15) is 9.59 Å². The number of urea groups is 1. The molecule has 0 fully saturated rings. The Hall–Kier alpha value is -4.12. The number of carbonyl (C=O) groups excluding carboxylic acids is 2. The van der Waals surface area contributed by atoms with Gasteiger partial charge in [-0.3, -0.25) is 4.79 Å². The number of aryl methyl sites for hydroxylation is 1. The molecule has 0 unspecified atom stereocenters. The molecular formula is C33H43N3O2. The Balaban J connectivity index is 0.000000470. The van der Waals surface area contributed by atoms with Crippen LogP contribution in [0.25, 0.3) is 0 Å². The highest BCUT2D eigenvalue weighted by atomic mass is 16.2. The van der Waals surface area contributed by atoms with Gasteiger partial charge in [0.25, 0.3) is 0 Å². The van der Waals surface area contributed by atoms with Crippen LogP contribution in [-0.2, 0) is 17.8 Å². The number of hydrogen-bond donors (Lipinski definition) is 3. The zero-order valence-corrected chi connectivity index (χ0v) is 23.3. The molecule has 5 nitrogen and oxygen atoms in total. The number of rotatable bonds is 11. The molecule has 3 amide bonds. The van der Waals surface area contributed by atoms with Crippen molar-refractivity contribution in [3.8, 4) is 0 Å². The maximum absolute atomic E-state index is 12.0. The fraction of sp³-hybridized carbons (Fsp3) is 0.273. The number of hydrogen-bond acceptors (Lipinski definition) is 2. The molecule has 5 heteroatoms. The molecule has 3 aromatic carbocycles. The lowest BCUT2D eigenvalue weighted by molar-refractivity contribution is -0.109. The first kappa shape index (κ1) is 31.9. The van der Waals surface area contributed by atoms with Crippen LogP contribution in [0.3, 0.4) is 0 Å². The molecule has 0 bridgehead atoms. The summed E-state index contributed by atoms with van der Waals surface area (Å²) < 4.78 is 0. The van der Waals surface area contributed by atoms with Gasteiger partial charge in [-0.15, -0.1) is 13.2 Å². The monoisotopic (exact) mass is 513 g/mol. The van der Waals surface area contributed by atoms with E-state index in [4.69, 9.17) is 0 Å². The van der Waals surface area contributed by atoms with E-state index < -0.39 is 0 Å². The van der Waals surface area contributed by atoms with Crippen molar-refractivity contribution >= 4 is 18.1 Å². The fourth-order valence-electron chi connectivity index (χ4n) is 3.47. The molecule has 0 radical (unpaired) electrons. The van der Waals surface area contributed by atoms with Gasteiger partial charge in [0, 0.05) is 24.2 Å². The Morgan fingerprint density at radius 3 is 1.89 bits per heavy atom. The van der Waals surface area contributed by atoms with Crippen molar-refractivity contribution in [2.45, 2.75) is 47.1 Å². The number of benzene rings is 3. The summed E-state index contributed by atoms with van der Waals surface area (Å²) in [6, 6.07) is 26.2. The minimum absolute atomic E-state index is 0.138. The third-order valence-electron chi connectivity index (χ3n) is 6.02. The summed E-state index contributed by atoms with van der Waals surface area (Å²) in [6.07, 6.45) is 6.12. The van der Waals surface area contributed by atoms with Gasteiger partial charge < -0.3 is 16.0 Å². The van der Waals surface area contributed by atoms with E-state index in [1.54, 1.807) is 0 Å². The van der Waals surface area contributed by atoms with Gasteiger partial charge in [0.1, 0.15) is 0 Å². The highest BCUT2D eigenvalue weighted by Gasteiger charge is 2.18. The van der Waals surface area contributed by atoms with E-state index in [2.05, 4.69) is 60.3 Å². The first-order valence-electron chi connectivity index (χ1n) is 13.1. The van der Waals surface area contributed by atoms with Crippen LogP contribution in [-0.4, -0.2) is 19.0 Å². The molecule has 0 heterocycles. The van der Waals surface area contributed by atoms with Crippen molar-refractivity contribution in [1.29, 1.82) is 0 Å². The third kappa shape index (κ3) is 11.7. The topological polar surface area (TPSA) is 70.2 Å². The largest absolute Gasteiger partial charge is 0.357 e. The van der Waals surface area contributed by atoms with Crippen molar-refractivity contribution in [3.63, 3.8) is 0 Å². The van der Waals surface area contributed by atoms with Gasteiger partial charge in [-0.25, -0.2) is 4.79 Å². The van der Waals surface area contributed by atoms with Crippen LogP contribution in [0.1, 0.15) is 49.4 Å². The quantitative estimate of drug-likeness (QED) is 0.184. The second-order valence-electron chi connectivity index (χ2n) is 8.65. The summed E-state index contributed by atoms with van der Waals surface area (Å²) in [6.45, 7) is 16.6. The molecular weight excluding hydrogens is 470 g/mol. The zero-order valence-electron chi connectivity index (χ0n) is 23.3. The molecule has 3 rings (SSSR count). The molecule has 0 aliphatic carbocycles. The second kappa shape index (κ2) is 18.2. The molecule has 0 aliphatic heterocycles. The minimum atomic E-state index is -0.199. The summed E-state index contributed by atoms with van der Waals surface area (Å²) in [5.41, 5.74) is 5.50. The Morgan fingerprint density at radius 2 is 1.39 bits per heavy atom. The Kier molecular flexibility index (Phi) is 15.3. The van der Waals surface area contributed by atoms with E-state index in [0.29, 0.717) is 19.5 Å². The van der Waals surface area contributed by atoms with Crippen LogP contribution in [0.4, 0.5) is 10.5 Å². The Morgan fingerprint density at radius 1 is 0.842 bits per heavy atom. The average Bonchev–Trinajstić information content (AvgIpc) is 2.97. The maximum Gasteiger partial charge on any atom is 0.319 e. The van der Waals surface area contributed by atoms with Crippen molar-refractivity contribution in [1.82, 2.24) is 10.6 Å². The van der Waals surface area contributed by atoms with Crippen LogP contribution < -0.4 is 16.0 Å². The van der Waals surface area contributed by atoms with Crippen LogP contribution in [0, 0.1) is 12.3 Å². The highest BCUT2D eigenvalue weighted by Crippen LogP contribution is 2.23. The summed E-state index contributed by atoms with van der Waals surface area (Å²) in [5.74, 6) is 0. The number of anilines is 1. The smallest absolute Gasteiger partial charge is 0.319 e. The predicted octanol–water partition coefficient (Wildman–Crippen LogP) is 7.43. The highest BCUT2D eigenvalue weighted by molar-refractivity contribution is 5.89. The molecule has 202 valence electrons. The van der Waals surface area contributed by atoms with E-state index in [1.165, 1.54) is 16.7 Å². The molecule has 0 saturated carbocycles. The van der Waals surface area contributed by atoms with Gasteiger partial charge in [-0.1, -0.05) is 105 Å². The van der Waals surface area contributed by atoms with Crippen LogP contribution >= 0.6 is 0 Å². The molecule has 0 aliphatic rings. The summed E-state index contributed by atoms with van der Waals surface area (Å²) in [5, 5.41) is 8.34. The van der Waals surface area contributed by atoms with Gasteiger partial charge >= 0.3 is 6.03 Å². The van der Waals surface area contributed by atoms with Gasteiger partial charge in [-0.05, 0) is 48.6 Å². The Labute approximate surface area is 229 Å². The van der Waals surface area contributed by atoms with Gasteiger partial charge in [0.15, 0.2) is 0 Å². The zero-order chi connectivity index (χ0) is 28.2. The molecule has 0 atom stereocenters. The normalized spacial score (nSPS) is 9.89. The predicted molar refractivity (Wildman–Crippen MR) is 161 cm³/mol. The summed E-state index contributed by atoms with van der Waals surface area (Å²) in [4.78, 5) is 22.0. The lowest BCUT2D eigenvalue weighted by Gasteiger charge is -2.23. The van der Waals surface area contributed by atoms with Gasteiger partial charge in [0.05, 0.1) is 0 Å². The molecule has 0 aromatic heterocycles. The van der Waals surface area contributed by atoms with E-state index in [0.717, 1.165) is 24.1 Å². The van der Waals surface area contributed by atoms with Crippen molar-refractivity contribution < 1.29 is 9.59 Å². The molecule has 0 spiro atoms. The summed E-state index contributed by atoms with van der Waals surface area (Å²) in [7, 11) is 0. The maximum atomic E-state index is 12.0. The van der Waals surface area contributed by atoms with E-state index >= 15 is 0 Å². The number of carbonyl (C=O) groups is 2. The van der Waals surface area contributed by atoms with Crippen LogP contribution in [0.2, 0.25) is 0 Å². The van der Waals surface area contributed by atoms with Gasteiger partial charge in [0.2, 0.25) is 6.41 Å². The standard InChI is InChI=1S/C22H22N2O.C9H15NO.C2H6/c1-17-7-9-18(10-8-17)15-19-11-13-21(14-12-19)24-22(25)23-16-20-5-3-2-4-6-20;1-4-9(5-2,6-3)7-10-8-11;1-2/h2-14H,15-16H2,1H3,(H2,23,24,25);4-5,8H,1-2,6-7H2,3H3,(H,10,11);1-2H3. The van der Waals surface area contributed by atoms with Crippen molar-refractivity contribution in [3.05, 3.63) is 126 Å². The average molecular weight is 514 g/mol. The molecule has 0 saturated heterocycles. The lowest BCUT2D eigenvalue weighted by atomic mass is 9.85. The molecule has 3 N–H and O–H groups in total. The minimum Gasteiger partial charge on any atom is -0.357 e. The fourth-order valence-corrected chi connectivity index (χ4v) is 3.47. The van der Waals surface area contributed by atoms with E-state index in [-0.39, 0.29) is 11.4 Å². The lowest BCUT2D eigenvalue weighted by Crippen LogP contribution is -2.29. The van der Waals surface area contributed by atoms with Crippen molar-refractivity contribution in [2.24, 2.45) is 5.41 Å². The third-order valence-corrected chi connectivity index (χ3v) is 6.02. The first-order chi connectivity index (χ1) is 18.4. The van der Waals surface area contributed by atoms with Crippen LogP contribution in [0.5, 0.6) is 0 Å². The summed E-state index contributed by atoms with van der Waals surface area (Å²) >= 11 is 0. The number of nitrogens with one attached hydrogen (secondary N) is 3. The molecule has 38 heavy (non-hydrogen) atoms. The molecule has 3 aromatic rings. The second-order valence-corrected chi connectivity index (χ2v) is 8.65. The SMILES string of the molecule is C=CC(C=C)(CC)CNC=O.CC.Cc1ccc(Cc2ccc(NC(=O)NCc3ccccc3)cc2)cc1. The van der Waals surface area contributed by atoms with Crippen LogP contribution in [0.15, 0.2) is 104 Å². The first-order valence-corrected chi connectivity index (χ1v) is 13.1. The van der Waals surface area contributed by atoms with E-state index in [1.807, 2.05) is 87.5 Å².